The molecule has 0 amide bonds. The molecule has 0 radical (unpaired) electrons. The van der Waals surface area contributed by atoms with Gasteiger partial charge >= 0.3 is 0 Å². The molecule has 3 rings (SSSR count). The average molecular weight is 284 g/mol. The molecule has 3 nitrogen and oxygen atoms in total. The normalized spacial score (nSPS) is 17.6. The van der Waals surface area contributed by atoms with Crippen molar-refractivity contribution in [2.24, 2.45) is 4.99 Å². The molecule has 1 aliphatic heterocycles. The highest BCUT2D eigenvalue weighted by molar-refractivity contribution is 8.14. The smallest absolute Gasteiger partial charge is 0.161 e. The Bertz CT molecular complexity index is 596. The lowest BCUT2D eigenvalue weighted by Crippen LogP contribution is -2.04. The number of methoxy groups -OCH3 is 1. The van der Waals surface area contributed by atoms with E-state index in [0.29, 0.717) is 0 Å². The number of thioether (sulfide) groups is 1. The molecular weight excluding hydrogens is 268 g/mol. The third-order valence-electron chi connectivity index (χ3n) is 3.18. The van der Waals surface area contributed by atoms with Gasteiger partial charge in [0.25, 0.3) is 0 Å². The molecule has 0 spiro atoms. The molecule has 0 aromatic heterocycles. The maximum atomic E-state index is 5.15. The van der Waals surface area contributed by atoms with Gasteiger partial charge in [-0.25, -0.2) is 0 Å². The van der Waals surface area contributed by atoms with Gasteiger partial charge < -0.3 is 10.1 Å². The summed E-state index contributed by atoms with van der Waals surface area (Å²) < 4.78 is 5.15. The van der Waals surface area contributed by atoms with Crippen LogP contribution in [0.2, 0.25) is 0 Å². The summed E-state index contributed by atoms with van der Waals surface area (Å²) in [6.07, 6.45) is 0. The monoisotopic (exact) mass is 284 g/mol. The van der Waals surface area contributed by atoms with Crippen LogP contribution in [0.25, 0.3) is 0 Å². The summed E-state index contributed by atoms with van der Waals surface area (Å²) in [6.45, 7) is 0. The van der Waals surface area contributed by atoms with Crippen molar-refractivity contribution < 1.29 is 4.74 Å². The summed E-state index contributed by atoms with van der Waals surface area (Å²) in [7, 11) is 1.67. The number of anilines is 1. The molecule has 0 fully saturated rings. The molecule has 4 heteroatoms. The first-order valence-electron chi connectivity index (χ1n) is 6.52. The van der Waals surface area contributed by atoms with Crippen LogP contribution in [0.4, 0.5) is 5.69 Å². The fraction of sp³-hybridized carbons (Fsp3) is 0.188. The number of hydrogen-bond acceptors (Lipinski definition) is 4. The van der Waals surface area contributed by atoms with Crippen LogP contribution < -0.4 is 10.1 Å². The van der Waals surface area contributed by atoms with E-state index >= 15 is 0 Å². The van der Waals surface area contributed by atoms with Gasteiger partial charge in [0.1, 0.15) is 5.75 Å². The highest BCUT2D eigenvalue weighted by Crippen LogP contribution is 2.30. The van der Waals surface area contributed by atoms with E-state index in [0.717, 1.165) is 22.4 Å². The molecule has 2 aromatic rings. The molecule has 1 N–H and O–H groups in total. The maximum absolute atomic E-state index is 5.15. The van der Waals surface area contributed by atoms with Gasteiger partial charge in [0.15, 0.2) is 5.17 Å². The number of benzene rings is 2. The van der Waals surface area contributed by atoms with Crippen LogP contribution in [0.5, 0.6) is 5.75 Å². The van der Waals surface area contributed by atoms with Gasteiger partial charge in [-0.2, -0.15) is 0 Å². The van der Waals surface area contributed by atoms with E-state index in [9.17, 15) is 0 Å². The second kappa shape index (κ2) is 6.01. The second-order valence-electron chi connectivity index (χ2n) is 4.53. The fourth-order valence-electron chi connectivity index (χ4n) is 2.09. The minimum atomic E-state index is 0.252. The summed E-state index contributed by atoms with van der Waals surface area (Å²) >= 11 is 1.76. The topological polar surface area (TPSA) is 33.6 Å². The number of hydrogen-bond donors (Lipinski definition) is 1. The zero-order valence-corrected chi connectivity index (χ0v) is 12.1. The summed E-state index contributed by atoms with van der Waals surface area (Å²) in [6, 6.07) is 18.5. The molecule has 0 saturated heterocycles. The van der Waals surface area contributed by atoms with Crippen LogP contribution in [0.15, 0.2) is 59.6 Å². The van der Waals surface area contributed by atoms with Crippen LogP contribution in [0.1, 0.15) is 11.6 Å². The Balaban J connectivity index is 1.69. The van der Waals surface area contributed by atoms with Crippen molar-refractivity contribution in [3.63, 3.8) is 0 Å². The quantitative estimate of drug-likeness (QED) is 0.926. The molecule has 0 saturated carbocycles. The Morgan fingerprint density at radius 2 is 1.85 bits per heavy atom. The van der Waals surface area contributed by atoms with Crippen molar-refractivity contribution >= 4 is 22.6 Å². The lowest BCUT2D eigenvalue weighted by Gasteiger charge is -2.06. The second-order valence-corrected chi connectivity index (χ2v) is 5.53. The maximum Gasteiger partial charge on any atom is 0.161 e. The van der Waals surface area contributed by atoms with E-state index in [-0.39, 0.29) is 6.04 Å². The van der Waals surface area contributed by atoms with Crippen molar-refractivity contribution in [3.05, 3.63) is 60.2 Å². The Morgan fingerprint density at radius 1 is 1.10 bits per heavy atom. The van der Waals surface area contributed by atoms with Crippen LogP contribution >= 0.6 is 11.8 Å². The fourth-order valence-corrected chi connectivity index (χ4v) is 3.06. The van der Waals surface area contributed by atoms with Crippen molar-refractivity contribution in [2.45, 2.75) is 6.04 Å². The molecule has 2 aromatic carbocycles. The van der Waals surface area contributed by atoms with E-state index < -0.39 is 0 Å². The Morgan fingerprint density at radius 3 is 2.55 bits per heavy atom. The zero-order valence-electron chi connectivity index (χ0n) is 11.2. The first-order valence-corrected chi connectivity index (χ1v) is 7.50. The molecular formula is C16H16N2OS. The van der Waals surface area contributed by atoms with E-state index in [1.54, 1.807) is 18.9 Å². The van der Waals surface area contributed by atoms with E-state index in [4.69, 9.17) is 9.73 Å². The van der Waals surface area contributed by atoms with E-state index in [1.165, 1.54) is 5.56 Å². The molecule has 1 unspecified atom stereocenters. The van der Waals surface area contributed by atoms with E-state index in [1.807, 2.05) is 30.3 Å². The highest BCUT2D eigenvalue weighted by atomic mass is 32.2. The number of nitrogens with zero attached hydrogens (tertiary/aromatic N) is 1. The SMILES string of the molecule is COc1ccc(NC2=NC(c3ccccc3)CS2)cc1. The number of amidine groups is 1. The minimum absolute atomic E-state index is 0.252. The van der Waals surface area contributed by atoms with Crippen LogP contribution in [0.3, 0.4) is 0 Å². The van der Waals surface area contributed by atoms with Crippen LogP contribution in [-0.2, 0) is 0 Å². The Hall–Kier alpha value is -1.94. The minimum Gasteiger partial charge on any atom is -0.497 e. The van der Waals surface area contributed by atoms with Gasteiger partial charge in [-0.1, -0.05) is 42.1 Å². The van der Waals surface area contributed by atoms with Gasteiger partial charge in [0.05, 0.1) is 13.2 Å². The van der Waals surface area contributed by atoms with Gasteiger partial charge in [-0.3, -0.25) is 4.99 Å². The van der Waals surface area contributed by atoms with Gasteiger partial charge in [-0.15, -0.1) is 0 Å². The number of nitrogens with one attached hydrogen (secondary N) is 1. The summed E-state index contributed by atoms with van der Waals surface area (Å²) in [5, 5.41) is 4.33. The lowest BCUT2D eigenvalue weighted by atomic mass is 10.1. The molecule has 0 aliphatic carbocycles. The van der Waals surface area contributed by atoms with E-state index in [2.05, 4.69) is 29.6 Å². The molecule has 102 valence electrons. The average Bonchev–Trinajstić information content (AvgIpc) is 2.97. The number of aliphatic imine (C=N–C) groups is 1. The standard InChI is InChI=1S/C16H16N2OS/c1-19-14-9-7-13(8-10-14)17-16-18-15(11-20-16)12-5-3-2-4-6-12/h2-10,15H,11H2,1H3,(H,17,18). The van der Waals surface area contributed by atoms with Crippen molar-refractivity contribution in [3.8, 4) is 5.75 Å². The highest BCUT2D eigenvalue weighted by Gasteiger charge is 2.19. The predicted molar refractivity (Wildman–Crippen MR) is 85.7 cm³/mol. The molecule has 1 heterocycles. The third-order valence-corrected chi connectivity index (χ3v) is 4.14. The molecule has 1 atom stereocenters. The van der Waals surface area contributed by atoms with Crippen molar-refractivity contribution in [1.29, 1.82) is 0 Å². The van der Waals surface area contributed by atoms with Gasteiger partial charge in [0, 0.05) is 11.4 Å². The van der Waals surface area contributed by atoms with Gasteiger partial charge in [0.2, 0.25) is 0 Å². The van der Waals surface area contributed by atoms with Crippen molar-refractivity contribution in [2.75, 3.05) is 18.2 Å². The molecule has 0 bridgehead atoms. The summed E-state index contributed by atoms with van der Waals surface area (Å²) in [5.74, 6) is 1.85. The molecule has 20 heavy (non-hydrogen) atoms. The summed E-state index contributed by atoms with van der Waals surface area (Å²) in [4.78, 5) is 4.73. The lowest BCUT2D eigenvalue weighted by molar-refractivity contribution is 0.415. The first-order chi connectivity index (χ1) is 9.85. The number of rotatable bonds is 3. The summed E-state index contributed by atoms with van der Waals surface area (Å²) in [5.41, 5.74) is 2.30. The van der Waals surface area contributed by atoms with Crippen LogP contribution in [0, 0.1) is 0 Å². The first kappa shape index (κ1) is 13.1. The zero-order chi connectivity index (χ0) is 13.8. The van der Waals surface area contributed by atoms with Gasteiger partial charge in [-0.05, 0) is 29.8 Å². The van der Waals surface area contributed by atoms with Crippen molar-refractivity contribution in [1.82, 2.24) is 0 Å². The number of ether oxygens (including phenoxy) is 1. The predicted octanol–water partition coefficient (Wildman–Crippen LogP) is 3.95. The third kappa shape index (κ3) is 2.96. The Kier molecular flexibility index (Phi) is 3.92. The van der Waals surface area contributed by atoms with Crippen LogP contribution in [-0.4, -0.2) is 18.0 Å². The molecule has 1 aliphatic rings. The Labute approximate surface area is 123 Å². The largest absolute Gasteiger partial charge is 0.497 e.